The van der Waals surface area contributed by atoms with Crippen LogP contribution >= 0.6 is 0 Å². The van der Waals surface area contributed by atoms with E-state index in [1.54, 1.807) is 0 Å². The molecule has 0 aliphatic rings. The quantitative estimate of drug-likeness (QED) is 0.530. The van der Waals surface area contributed by atoms with Gasteiger partial charge in [0.25, 0.3) is 5.91 Å². The maximum absolute atomic E-state index is 13.6. The second-order valence-corrected chi connectivity index (χ2v) is 4.40. The fourth-order valence-corrected chi connectivity index (χ4v) is 1.82. The van der Waals surface area contributed by atoms with E-state index in [-0.39, 0.29) is 11.8 Å². The van der Waals surface area contributed by atoms with Crippen LogP contribution in [0.3, 0.4) is 0 Å². The molecule has 0 aliphatic carbocycles. The van der Waals surface area contributed by atoms with Crippen LogP contribution in [-0.4, -0.2) is 20.1 Å². The lowest BCUT2D eigenvalue weighted by molar-refractivity contribution is 0.102. The first-order valence-corrected chi connectivity index (χ1v) is 6.24. The zero-order valence-electron chi connectivity index (χ0n) is 12.0. The largest absolute Gasteiger partial charge is 0.497 e. The van der Waals surface area contributed by atoms with Crippen molar-refractivity contribution in [1.82, 2.24) is 0 Å². The number of carbonyl (C=O) groups excluding carboxylic acids is 1. The highest BCUT2D eigenvalue weighted by molar-refractivity contribution is 6.04. The van der Waals surface area contributed by atoms with Gasteiger partial charge in [-0.05, 0) is 6.07 Å². The number of hydrogen-bond acceptors (Lipinski definition) is 3. The Morgan fingerprint density at radius 1 is 0.870 bits per heavy atom. The molecular formula is C15H11F4NO3. The van der Waals surface area contributed by atoms with Crippen LogP contribution in [0.5, 0.6) is 11.5 Å². The Bertz CT molecular complexity index is 743. The average molecular weight is 329 g/mol. The van der Waals surface area contributed by atoms with Gasteiger partial charge in [0.1, 0.15) is 11.5 Å². The number of ether oxygens (including phenoxy) is 2. The standard InChI is InChI=1S/C15H11F4NO3/c1-22-8-3-7(4-9(5-8)23-2)20-15(21)10-6-11(16)13(18)14(19)12(10)17/h3-6H,1-2H3,(H,20,21). The van der Waals surface area contributed by atoms with Crippen LogP contribution in [0.4, 0.5) is 23.2 Å². The van der Waals surface area contributed by atoms with Crippen molar-refractivity contribution in [2.45, 2.75) is 0 Å². The zero-order valence-corrected chi connectivity index (χ0v) is 12.0. The van der Waals surface area contributed by atoms with Crippen LogP contribution in [0.2, 0.25) is 0 Å². The lowest BCUT2D eigenvalue weighted by Gasteiger charge is -2.11. The van der Waals surface area contributed by atoms with Crippen LogP contribution in [-0.2, 0) is 0 Å². The van der Waals surface area contributed by atoms with E-state index in [0.717, 1.165) is 0 Å². The van der Waals surface area contributed by atoms with Crippen molar-refractivity contribution in [3.05, 3.63) is 53.1 Å². The number of benzene rings is 2. The third kappa shape index (κ3) is 3.36. The van der Waals surface area contributed by atoms with Crippen molar-refractivity contribution in [2.24, 2.45) is 0 Å². The van der Waals surface area contributed by atoms with Gasteiger partial charge in [-0.15, -0.1) is 0 Å². The van der Waals surface area contributed by atoms with Crippen molar-refractivity contribution < 1.29 is 31.8 Å². The molecule has 0 spiro atoms. The number of rotatable bonds is 4. The highest BCUT2D eigenvalue weighted by Crippen LogP contribution is 2.27. The van der Waals surface area contributed by atoms with Crippen molar-refractivity contribution >= 4 is 11.6 Å². The summed E-state index contributed by atoms with van der Waals surface area (Å²) in [6, 6.07) is 4.57. The Morgan fingerprint density at radius 3 is 1.96 bits per heavy atom. The molecule has 8 heteroatoms. The molecule has 0 radical (unpaired) electrons. The number of halogens is 4. The average Bonchev–Trinajstić information content (AvgIpc) is 2.55. The number of anilines is 1. The van der Waals surface area contributed by atoms with E-state index >= 15 is 0 Å². The molecule has 0 aliphatic heterocycles. The fraction of sp³-hybridized carbons (Fsp3) is 0.133. The van der Waals surface area contributed by atoms with E-state index in [2.05, 4.69) is 5.32 Å². The molecule has 2 aromatic carbocycles. The zero-order chi connectivity index (χ0) is 17.1. The van der Waals surface area contributed by atoms with Gasteiger partial charge in [-0.2, -0.15) is 0 Å². The van der Waals surface area contributed by atoms with E-state index < -0.39 is 34.7 Å². The monoisotopic (exact) mass is 329 g/mol. The maximum Gasteiger partial charge on any atom is 0.258 e. The third-order valence-corrected chi connectivity index (χ3v) is 2.96. The first-order valence-electron chi connectivity index (χ1n) is 6.24. The summed E-state index contributed by atoms with van der Waals surface area (Å²) in [7, 11) is 2.76. The summed E-state index contributed by atoms with van der Waals surface area (Å²) < 4.78 is 62.8. The Morgan fingerprint density at radius 2 is 1.43 bits per heavy atom. The molecule has 0 bridgehead atoms. The molecule has 1 amide bonds. The summed E-state index contributed by atoms with van der Waals surface area (Å²) in [5.41, 5.74) is -0.834. The van der Waals surface area contributed by atoms with Gasteiger partial charge < -0.3 is 14.8 Å². The Balaban J connectivity index is 2.37. The summed E-state index contributed by atoms with van der Waals surface area (Å²) in [6.07, 6.45) is 0. The van der Waals surface area contributed by atoms with Crippen molar-refractivity contribution in [1.29, 1.82) is 0 Å². The predicted molar refractivity (Wildman–Crippen MR) is 73.8 cm³/mol. The molecule has 122 valence electrons. The molecule has 0 fully saturated rings. The topological polar surface area (TPSA) is 47.6 Å². The highest BCUT2D eigenvalue weighted by Gasteiger charge is 2.23. The fourth-order valence-electron chi connectivity index (χ4n) is 1.82. The van der Waals surface area contributed by atoms with Gasteiger partial charge in [-0.25, -0.2) is 17.6 Å². The molecule has 2 aromatic rings. The summed E-state index contributed by atoms with van der Waals surface area (Å²) in [4.78, 5) is 12.0. The van der Waals surface area contributed by atoms with Crippen molar-refractivity contribution in [3.8, 4) is 11.5 Å². The minimum absolute atomic E-state index is 0.135. The Labute approximate surface area is 128 Å². The first kappa shape index (κ1) is 16.6. The minimum Gasteiger partial charge on any atom is -0.497 e. The molecule has 0 aromatic heterocycles. The molecule has 0 atom stereocenters. The van der Waals surface area contributed by atoms with Crippen molar-refractivity contribution in [2.75, 3.05) is 19.5 Å². The minimum atomic E-state index is -2.06. The molecule has 0 saturated carbocycles. The Hall–Kier alpha value is -2.77. The van der Waals surface area contributed by atoms with Crippen LogP contribution in [0.1, 0.15) is 10.4 Å². The lowest BCUT2D eigenvalue weighted by Crippen LogP contribution is -2.16. The summed E-state index contributed by atoms with van der Waals surface area (Å²) in [5, 5.41) is 2.23. The lowest BCUT2D eigenvalue weighted by atomic mass is 10.1. The second-order valence-electron chi connectivity index (χ2n) is 4.40. The van der Waals surface area contributed by atoms with Gasteiger partial charge in [0.2, 0.25) is 0 Å². The molecule has 0 unspecified atom stereocenters. The maximum atomic E-state index is 13.6. The van der Waals surface area contributed by atoms with Gasteiger partial charge in [0.05, 0.1) is 19.8 Å². The van der Waals surface area contributed by atoms with Gasteiger partial charge in [-0.3, -0.25) is 4.79 Å². The molecule has 23 heavy (non-hydrogen) atoms. The molecule has 0 saturated heterocycles. The van der Waals surface area contributed by atoms with Crippen LogP contribution in [0, 0.1) is 23.3 Å². The van der Waals surface area contributed by atoms with Gasteiger partial charge in [0, 0.05) is 23.9 Å². The van der Waals surface area contributed by atoms with E-state index in [9.17, 15) is 22.4 Å². The molecule has 1 N–H and O–H groups in total. The first-order chi connectivity index (χ1) is 10.9. The molecular weight excluding hydrogens is 318 g/mol. The van der Waals surface area contributed by atoms with Crippen molar-refractivity contribution in [3.63, 3.8) is 0 Å². The summed E-state index contributed by atoms with van der Waals surface area (Å²) >= 11 is 0. The Kier molecular flexibility index (Phi) is 4.73. The second kappa shape index (κ2) is 6.55. The number of methoxy groups -OCH3 is 2. The van der Waals surface area contributed by atoms with E-state index in [0.29, 0.717) is 11.5 Å². The summed E-state index contributed by atoms with van der Waals surface area (Å²) in [6.45, 7) is 0. The van der Waals surface area contributed by atoms with E-state index in [1.807, 2.05) is 0 Å². The molecule has 0 heterocycles. The van der Waals surface area contributed by atoms with Gasteiger partial charge in [-0.1, -0.05) is 0 Å². The smallest absolute Gasteiger partial charge is 0.258 e. The van der Waals surface area contributed by atoms with E-state index in [4.69, 9.17) is 9.47 Å². The van der Waals surface area contributed by atoms with Crippen LogP contribution in [0.25, 0.3) is 0 Å². The predicted octanol–water partition coefficient (Wildman–Crippen LogP) is 3.51. The van der Waals surface area contributed by atoms with Gasteiger partial charge >= 0.3 is 0 Å². The molecule has 4 nitrogen and oxygen atoms in total. The van der Waals surface area contributed by atoms with Crippen LogP contribution in [0.15, 0.2) is 24.3 Å². The van der Waals surface area contributed by atoms with Gasteiger partial charge in [0.15, 0.2) is 23.3 Å². The summed E-state index contributed by atoms with van der Waals surface area (Å²) in [5.74, 6) is -7.99. The SMILES string of the molecule is COc1cc(NC(=O)c2cc(F)c(F)c(F)c2F)cc(OC)c1. The normalized spacial score (nSPS) is 10.3. The van der Waals surface area contributed by atoms with Crippen LogP contribution < -0.4 is 14.8 Å². The number of carbonyl (C=O) groups is 1. The van der Waals surface area contributed by atoms with E-state index in [1.165, 1.54) is 32.4 Å². The highest BCUT2D eigenvalue weighted by atomic mass is 19.2. The number of amides is 1. The number of hydrogen-bond donors (Lipinski definition) is 1. The molecule has 2 rings (SSSR count). The third-order valence-electron chi connectivity index (χ3n) is 2.96. The number of nitrogens with one attached hydrogen (secondary N) is 1.